The average molecular weight is 667 g/mol. The van der Waals surface area contributed by atoms with Gasteiger partial charge in [0.1, 0.15) is 17.2 Å². The molecule has 1 fully saturated rings. The summed E-state index contributed by atoms with van der Waals surface area (Å²) in [5, 5.41) is 4.17. The van der Waals surface area contributed by atoms with E-state index in [9.17, 15) is 17.6 Å². The molecule has 12 nitrogen and oxygen atoms in total. The Kier molecular flexibility index (Phi) is 10.1. The van der Waals surface area contributed by atoms with Crippen LogP contribution < -0.4 is 14.8 Å². The fraction of sp³-hybridized carbons (Fsp3) is 0.394. The number of carbonyl (C=O) groups excluding carboxylic acids is 1. The molecule has 0 bridgehead atoms. The third-order valence-corrected chi connectivity index (χ3v) is 8.64. The van der Waals surface area contributed by atoms with Crippen molar-refractivity contribution in [2.75, 3.05) is 42.6 Å². The van der Waals surface area contributed by atoms with Gasteiger partial charge in [0.05, 0.1) is 29.3 Å². The summed E-state index contributed by atoms with van der Waals surface area (Å²) in [6, 6.07) is 11.3. The molecule has 2 N–H and O–H groups in total. The highest BCUT2D eigenvalue weighted by Gasteiger charge is 2.28. The zero-order valence-corrected chi connectivity index (χ0v) is 27.9. The van der Waals surface area contributed by atoms with Crippen LogP contribution in [0.15, 0.2) is 54.9 Å². The lowest BCUT2D eigenvalue weighted by Crippen LogP contribution is -2.47. The van der Waals surface area contributed by atoms with Crippen LogP contribution in [0.2, 0.25) is 0 Å². The third-order valence-electron chi connectivity index (χ3n) is 7.42. The van der Waals surface area contributed by atoms with Gasteiger partial charge in [0.2, 0.25) is 21.9 Å². The molecule has 0 aliphatic carbocycles. The van der Waals surface area contributed by atoms with E-state index in [0.29, 0.717) is 46.8 Å². The topological polar surface area (TPSA) is 145 Å². The molecule has 5 rings (SSSR count). The van der Waals surface area contributed by atoms with E-state index >= 15 is 0 Å². The van der Waals surface area contributed by atoms with Gasteiger partial charge >= 0.3 is 6.09 Å². The molecule has 1 unspecified atom stereocenters. The van der Waals surface area contributed by atoms with Crippen molar-refractivity contribution in [3.05, 3.63) is 66.2 Å². The molecule has 0 radical (unpaired) electrons. The largest absolute Gasteiger partial charge is 0.444 e. The maximum Gasteiger partial charge on any atom is 0.410 e. The molecule has 3 heterocycles. The van der Waals surface area contributed by atoms with Gasteiger partial charge in [-0.05, 0) is 76.4 Å². The van der Waals surface area contributed by atoms with E-state index in [0.717, 1.165) is 18.4 Å². The maximum absolute atomic E-state index is 15.0. The first kappa shape index (κ1) is 33.8. The number of piperidine rings is 1. The molecule has 4 aromatic rings. The van der Waals surface area contributed by atoms with E-state index in [1.54, 1.807) is 47.6 Å². The average Bonchev–Trinajstić information content (AvgIpc) is 3.02. The predicted octanol–water partition coefficient (Wildman–Crippen LogP) is 6.13. The molecule has 1 amide bonds. The van der Waals surface area contributed by atoms with Crippen molar-refractivity contribution in [1.29, 1.82) is 0 Å². The molecule has 2 aromatic heterocycles. The number of hydrogen-bond donors (Lipinski definition) is 2. The standard InChI is InChI=1S/C33H39FN6O6S/c1-21-10-11-23-24(12-13-26(34)28(23)39-47(42,43)19-18-44-5)29(21)45-30-25(9-6-15-35-30)27-14-16-36-31(38-27)37-22-8-7-17-40(20-22)32(41)46-33(2,3)4/h6,9-16,22,39H,7-8,17-20H2,1-5H3,(H,36,37,38). The van der Waals surface area contributed by atoms with Crippen LogP contribution in [0.25, 0.3) is 22.0 Å². The van der Waals surface area contributed by atoms with Gasteiger partial charge in [-0.15, -0.1) is 0 Å². The Morgan fingerprint density at radius 3 is 2.64 bits per heavy atom. The number of methoxy groups -OCH3 is 1. The summed E-state index contributed by atoms with van der Waals surface area (Å²) in [5.74, 6) is -0.0371. The molecular weight excluding hydrogens is 627 g/mol. The summed E-state index contributed by atoms with van der Waals surface area (Å²) in [4.78, 5) is 28.0. The Labute approximate surface area is 273 Å². The van der Waals surface area contributed by atoms with Crippen LogP contribution in [-0.4, -0.2) is 78.6 Å². The summed E-state index contributed by atoms with van der Waals surface area (Å²) in [6.45, 7) is 8.39. The number of pyridine rings is 1. The first-order chi connectivity index (χ1) is 22.3. The summed E-state index contributed by atoms with van der Waals surface area (Å²) >= 11 is 0. The summed E-state index contributed by atoms with van der Waals surface area (Å²) in [7, 11) is -2.49. The summed E-state index contributed by atoms with van der Waals surface area (Å²) < 4.78 is 59.4. The number of hydrogen-bond acceptors (Lipinski definition) is 10. The second kappa shape index (κ2) is 14.1. The maximum atomic E-state index is 15.0. The van der Waals surface area contributed by atoms with Crippen molar-refractivity contribution < 1.29 is 31.8 Å². The second-order valence-corrected chi connectivity index (χ2v) is 14.1. The van der Waals surface area contributed by atoms with Crippen LogP contribution in [0.5, 0.6) is 11.6 Å². The Bertz CT molecular complexity index is 1870. The van der Waals surface area contributed by atoms with E-state index in [-0.39, 0.29) is 36.1 Å². The second-order valence-electron chi connectivity index (χ2n) is 12.3. The van der Waals surface area contributed by atoms with Gasteiger partial charge in [0, 0.05) is 49.4 Å². The lowest BCUT2D eigenvalue weighted by molar-refractivity contribution is 0.0206. The zero-order chi connectivity index (χ0) is 33.8. The van der Waals surface area contributed by atoms with Crippen LogP contribution in [0.1, 0.15) is 39.2 Å². The SMILES string of the molecule is COCCS(=O)(=O)Nc1c(F)ccc2c(Oc3ncccc3-c3ccnc(NC4CCCN(C(=O)OC(C)(C)C)C4)n3)c(C)ccc12. The number of rotatable bonds is 10. The normalized spacial score (nSPS) is 15.4. The number of aryl methyl sites for hydroxylation is 1. The minimum Gasteiger partial charge on any atom is -0.444 e. The molecule has 14 heteroatoms. The number of sulfonamides is 1. The van der Waals surface area contributed by atoms with E-state index in [2.05, 4.69) is 20.0 Å². The molecule has 2 aromatic carbocycles. The van der Waals surface area contributed by atoms with Gasteiger partial charge in [-0.25, -0.2) is 32.6 Å². The van der Waals surface area contributed by atoms with Gasteiger partial charge in [-0.3, -0.25) is 4.72 Å². The van der Waals surface area contributed by atoms with E-state index < -0.39 is 21.4 Å². The number of carbonyl (C=O) groups is 1. The highest BCUT2D eigenvalue weighted by molar-refractivity contribution is 7.92. The van der Waals surface area contributed by atoms with Gasteiger partial charge in [0.15, 0.2) is 0 Å². The van der Waals surface area contributed by atoms with Crippen LogP contribution in [0.4, 0.5) is 20.8 Å². The van der Waals surface area contributed by atoms with Crippen molar-refractivity contribution in [3.63, 3.8) is 0 Å². The molecule has 1 aliphatic rings. The zero-order valence-electron chi connectivity index (χ0n) is 27.0. The Hall–Kier alpha value is -4.56. The van der Waals surface area contributed by atoms with E-state index in [1.165, 1.54) is 13.2 Å². The monoisotopic (exact) mass is 666 g/mol. The van der Waals surface area contributed by atoms with Crippen molar-refractivity contribution >= 4 is 38.5 Å². The van der Waals surface area contributed by atoms with Crippen LogP contribution >= 0.6 is 0 Å². The number of anilines is 2. The smallest absolute Gasteiger partial charge is 0.410 e. The quantitative estimate of drug-likeness (QED) is 0.203. The molecule has 1 saturated heterocycles. The minimum absolute atomic E-state index is 0.0386. The molecule has 1 aliphatic heterocycles. The van der Waals surface area contributed by atoms with Crippen LogP contribution in [0, 0.1) is 12.7 Å². The van der Waals surface area contributed by atoms with Crippen molar-refractivity contribution in [2.24, 2.45) is 0 Å². The highest BCUT2D eigenvalue weighted by Crippen LogP contribution is 2.39. The lowest BCUT2D eigenvalue weighted by Gasteiger charge is -2.34. The number of halogens is 1. The highest BCUT2D eigenvalue weighted by atomic mass is 32.2. The first-order valence-corrected chi connectivity index (χ1v) is 16.9. The third kappa shape index (κ3) is 8.43. The lowest BCUT2D eigenvalue weighted by atomic mass is 10.0. The Morgan fingerprint density at radius 2 is 1.87 bits per heavy atom. The number of likely N-dealkylation sites (tertiary alicyclic amines) is 1. The first-order valence-electron chi connectivity index (χ1n) is 15.3. The molecule has 250 valence electrons. The molecule has 1 atom stereocenters. The number of amides is 1. The van der Waals surface area contributed by atoms with Crippen LogP contribution in [0.3, 0.4) is 0 Å². The Morgan fingerprint density at radius 1 is 1.09 bits per heavy atom. The van der Waals surface area contributed by atoms with Crippen molar-refractivity contribution in [2.45, 2.75) is 52.2 Å². The fourth-order valence-corrected chi connectivity index (χ4v) is 6.22. The van der Waals surface area contributed by atoms with E-state index in [1.807, 2.05) is 33.8 Å². The summed E-state index contributed by atoms with van der Waals surface area (Å²) in [5.41, 5.74) is 1.09. The number of ether oxygens (including phenoxy) is 3. The fourth-order valence-electron chi connectivity index (χ4n) is 5.21. The van der Waals surface area contributed by atoms with Crippen LogP contribution in [-0.2, 0) is 19.5 Å². The van der Waals surface area contributed by atoms with Gasteiger partial charge in [-0.2, -0.15) is 0 Å². The number of benzene rings is 2. The molecular formula is C33H39FN6O6S. The van der Waals surface area contributed by atoms with Gasteiger partial charge in [-0.1, -0.05) is 12.1 Å². The van der Waals surface area contributed by atoms with Gasteiger partial charge in [0.25, 0.3) is 0 Å². The molecule has 47 heavy (non-hydrogen) atoms. The number of aromatic nitrogens is 3. The van der Waals surface area contributed by atoms with Crippen molar-refractivity contribution in [1.82, 2.24) is 19.9 Å². The van der Waals surface area contributed by atoms with Crippen molar-refractivity contribution in [3.8, 4) is 22.9 Å². The number of nitrogens with one attached hydrogen (secondary N) is 2. The number of fused-ring (bicyclic) bond motifs is 1. The predicted molar refractivity (Wildman–Crippen MR) is 178 cm³/mol. The molecule has 0 spiro atoms. The molecule has 0 saturated carbocycles. The Balaban J connectivity index is 1.41. The van der Waals surface area contributed by atoms with E-state index in [4.69, 9.17) is 19.2 Å². The minimum atomic E-state index is -3.88. The number of nitrogens with zero attached hydrogens (tertiary/aromatic N) is 4. The summed E-state index contributed by atoms with van der Waals surface area (Å²) in [6.07, 6.45) is 4.51. The van der Waals surface area contributed by atoms with Gasteiger partial charge < -0.3 is 24.4 Å².